The SMILES string of the molecule is CCOC(=O)[C@]1(/C=C/c2ccccc2)CCCC1=O. The Kier molecular flexibility index (Phi) is 4.15. The highest BCUT2D eigenvalue weighted by Crippen LogP contribution is 2.38. The maximum atomic E-state index is 12.1. The molecule has 0 radical (unpaired) electrons. The number of rotatable bonds is 4. The molecule has 19 heavy (non-hydrogen) atoms. The molecule has 1 atom stereocenters. The van der Waals surface area contributed by atoms with Crippen molar-refractivity contribution in [3.8, 4) is 0 Å². The first kappa shape index (κ1) is 13.5. The smallest absolute Gasteiger partial charge is 0.323 e. The summed E-state index contributed by atoms with van der Waals surface area (Å²) in [7, 11) is 0. The lowest BCUT2D eigenvalue weighted by molar-refractivity contribution is -0.155. The van der Waals surface area contributed by atoms with Crippen molar-refractivity contribution < 1.29 is 14.3 Å². The van der Waals surface area contributed by atoms with Crippen LogP contribution in [0.3, 0.4) is 0 Å². The number of ketones is 1. The molecule has 0 N–H and O–H groups in total. The summed E-state index contributed by atoms with van der Waals surface area (Å²) in [5.41, 5.74) is -0.0860. The van der Waals surface area contributed by atoms with Crippen molar-refractivity contribution in [3.63, 3.8) is 0 Å². The first-order valence-electron chi connectivity index (χ1n) is 6.64. The van der Waals surface area contributed by atoms with Gasteiger partial charge < -0.3 is 4.74 Å². The molecule has 0 spiro atoms. The lowest BCUT2D eigenvalue weighted by Gasteiger charge is -2.20. The van der Waals surface area contributed by atoms with Gasteiger partial charge >= 0.3 is 5.97 Å². The van der Waals surface area contributed by atoms with E-state index in [-0.39, 0.29) is 5.78 Å². The number of esters is 1. The van der Waals surface area contributed by atoms with Crippen molar-refractivity contribution in [2.75, 3.05) is 6.61 Å². The molecule has 0 amide bonds. The number of ether oxygens (including phenoxy) is 1. The number of hydrogen-bond donors (Lipinski definition) is 0. The van der Waals surface area contributed by atoms with Crippen LogP contribution in [0.2, 0.25) is 0 Å². The Balaban J connectivity index is 2.27. The predicted molar refractivity (Wildman–Crippen MR) is 73.4 cm³/mol. The number of hydrogen-bond acceptors (Lipinski definition) is 3. The van der Waals surface area contributed by atoms with Crippen LogP contribution in [0, 0.1) is 5.41 Å². The highest BCUT2D eigenvalue weighted by molar-refractivity contribution is 6.07. The second-order valence-corrected chi connectivity index (χ2v) is 4.71. The number of Topliss-reactive ketones (excluding diaryl/α,β-unsaturated/α-hetero) is 1. The van der Waals surface area contributed by atoms with E-state index in [1.807, 2.05) is 36.4 Å². The monoisotopic (exact) mass is 258 g/mol. The third-order valence-electron chi connectivity index (χ3n) is 3.47. The highest BCUT2D eigenvalue weighted by atomic mass is 16.5. The van der Waals surface area contributed by atoms with Crippen LogP contribution < -0.4 is 0 Å². The number of carbonyl (C=O) groups excluding carboxylic acids is 2. The Morgan fingerprint density at radius 2 is 2.11 bits per heavy atom. The highest BCUT2D eigenvalue weighted by Gasteiger charge is 2.47. The minimum Gasteiger partial charge on any atom is -0.465 e. The lowest BCUT2D eigenvalue weighted by Crippen LogP contribution is -2.35. The summed E-state index contributed by atoms with van der Waals surface area (Å²) in [6.45, 7) is 2.05. The van der Waals surface area contributed by atoms with Crippen LogP contribution in [0.15, 0.2) is 36.4 Å². The normalized spacial score (nSPS) is 22.9. The van der Waals surface area contributed by atoms with E-state index in [9.17, 15) is 9.59 Å². The molecule has 0 unspecified atom stereocenters. The molecule has 1 fully saturated rings. The van der Waals surface area contributed by atoms with Crippen molar-refractivity contribution in [3.05, 3.63) is 42.0 Å². The van der Waals surface area contributed by atoms with E-state index in [1.165, 1.54) is 0 Å². The van der Waals surface area contributed by atoms with Gasteiger partial charge in [-0.1, -0.05) is 42.5 Å². The molecule has 1 aliphatic carbocycles. The summed E-state index contributed by atoms with van der Waals surface area (Å²) in [5, 5.41) is 0. The van der Waals surface area contributed by atoms with Gasteiger partial charge in [-0.25, -0.2) is 0 Å². The third-order valence-corrected chi connectivity index (χ3v) is 3.47. The van der Waals surface area contributed by atoms with Gasteiger partial charge in [0.05, 0.1) is 6.61 Å². The van der Waals surface area contributed by atoms with Gasteiger partial charge in [0.15, 0.2) is 5.78 Å². The van der Waals surface area contributed by atoms with Gasteiger partial charge in [0.25, 0.3) is 0 Å². The van der Waals surface area contributed by atoms with Crippen molar-refractivity contribution >= 4 is 17.8 Å². The summed E-state index contributed by atoms with van der Waals surface area (Å²) in [6, 6.07) is 9.66. The molecular formula is C16H18O3. The van der Waals surface area contributed by atoms with E-state index in [0.29, 0.717) is 19.4 Å². The van der Waals surface area contributed by atoms with E-state index in [4.69, 9.17) is 4.74 Å². The minimum absolute atomic E-state index is 0.0295. The number of carbonyl (C=O) groups is 2. The summed E-state index contributed by atoms with van der Waals surface area (Å²) < 4.78 is 5.08. The fraction of sp³-hybridized carbons (Fsp3) is 0.375. The maximum absolute atomic E-state index is 12.1. The van der Waals surface area contributed by atoms with Crippen LogP contribution in [0.1, 0.15) is 31.7 Å². The molecular weight excluding hydrogens is 240 g/mol. The lowest BCUT2D eigenvalue weighted by atomic mass is 9.84. The molecule has 2 rings (SSSR count). The third kappa shape index (κ3) is 2.75. The summed E-state index contributed by atoms with van der Waals surface area (Å²) in [6.07, 6.45) is 5.30. The van der Waals surface area contributed by atoms with Crippen LogP contribution in [0.4, 0.5) is 0 Å². The predicted octanol–water partition coefficient (Wildman–Crippen LogP) is 3.00. The molecule has 3 nitrogen and oxygen atoms in total. The van der Waals surface area contributed by atoms with Crippen molar-refractivity contribution in [1.82, 2.24) is 0 Å². The van der Waals surface area contributed by atoms with E-state index in [1.54, 1.807) is 13.0 Å². The molecule has 0 aromatic heterocycles. The van der Waals surface area contributed by atoms with Gasteiger partial charge in [-0.2, -0.15) is 0 Å². The molecule has 1 aromatic rings. The van der Waals surface area contributed by atoms with Crippen molar-refractivity contribution in [1.29, 1.82) is 0 Å². The molecule has 0 bridgehead atoms. The summed E-state index contributed by atoms with van der Waals surface area (Å²) in [5.74, 6) is -0.442. The standard InChI is InChI=1S/C16H18O3/c1-2-19-15(18)16(11-6-9-14(16)17)12-10-13-7-4-3-5-8-13/h3-5,7-8,10,12H,2,6,9,11H2,1H3/b12-10+/t16-/m0/s1. The second-order valence-electron chi connectivity index (χ2n) is 4.71. The average molecular weight is 258 g/mol. The minimum atomic E-state index is -1.06. The molecule has 1 aliphatic rings. The Bertz CT molecular complexity index is 490. The quantitative estimate of drug-likeness (QED) is 0.616. The zero-order valence-electron chi connectivity index (χ0n) is 11.1. The summed E-state index contributed by atoms with van der Waals surface area (Å²) >= 11 is 0. The zero-order valence-corrected chi connectivity index (χ0v) is 11.1. The number of benzene rings is 1. The van der Waals surface area contributed by atoms with Crippen LogP contribution in [-0.2, 0) is 14.3 Å². The molecule has 1 saturated carbocycles. The molecule has 3 heteroatoms. The molecule has 1 aromatic carbocycles. The molecule has 0 aliphatic heterocycles. The van der Waals surface area contributed by atoms with E-state index in [0.717, 1.165) is 12.0 Å². The average Bonchev–Trinajstić information content (AvgIpc) is 2.80. The first-order valence-corrected chi connectivity index (χ1v) is 6.64. The van der Waals surface area contributed by atoms with Crippen molar-refractivity contribution in [2.45, 2.75) is 26.2 Å². The first-order chi connectivity index (χ1) is 9.19. The Morgan fingerprint density at radius 1 is 1.37 bits per heavy atom. The van der Waals surface area contributed by atoms with Gasteiger partial charge in [0.2, 0.25) is 0 Å². The Hall–Kier alpha value is -1.90. The van der Waals surface area contributed by atoms with Gasteiger partial charge in [-0.3, -0.25) is 9.59 Å². The fourth-order valence-electron chi connectivity index (χ4n) is 2.41. The van der Waals surface area contributed by atoms with Gasteiger partial charge in [-0.15, -0.1) is 0 Å². The summed E-state index contributed by atoms with van der Waals surface area (Å²) in [4.78, 5) is 24.2. The Morgan fingerprint density at radius 3 is 2.68 bits per heavy atom. The molecule has 100 valence electrons. The van der Waals surface area contributed by atoms with Crippen molar-refractivity contribution in [2.24, 2.45) is 5.41 Å². The maximum Gasteiger partial charge on any atom is 0.323 e. The molecule has 0 saturated heterocycles. The topological polar surface area (TPSA) is 43.4 Å². The Labute approximate surface area is 113 Å². The molecule has 0 heterocycles. The van der Waals surface area contributed by atoms with E-state index < -0.39 is 11.4 Å². The van der Waals surface area contributed by atoms with Gasteiger partial charge in [-0.05, 0) is 25.3 Å². The largest absolute Gasteiger partial charge is 0.465 e. The van der Waals surface area contributed by atoms with Crippen LogP contribution >= 0.6 is 0 Å². The van der Waals surface area contributed by atoms with Gasteiger partial charge in [0, 0.05) is 6.42 Å². The van der Waals surface area contributed by atoms with Crippen LogP contribution in [0.5, 0.6) is 0 Å². The zero-order chi connectivity index (χ0) is 13.7. The second kappa shape index (κ2) is 5.83. The van der Waals surface area contributed by atoms with Crippen LogP contribution in [0.25, 0.3) is 6.08 Å². The van der Waals surface area contributed by atoms with Crippen LogP contribution in [-0.4, -0.2) is 18.4 Å². The van der Waals surface area contributed by atoms with E-state index >= 15 is 0 Å². The van der Waals surface area contributed by atoms with E-state index in [2.05, 4.69) is 0 Å². The van der Waals surface area contributed by atoms with Gasteiger partial charge in [0.1, 0.15) is 5.41 Å². The fourth-order valence-corrected chi connectivity index (χ4v) is 2.41.